The highest BCUT2D eigenvalue weighted by molar-refractivity contribution is 7.89. The number of halogens is 1. The summed E-state index contributed by atoms with van der Waals surface area (Å²) in [6, 6.07) is 22.9. The molecule has 1 aliphatic heterocycles. The number of aliphatic carboxylic acids is 1. The van der Waals surface area contributed by atoms with Crippen LogP contribution in [0.15, 0.2) is 83.8 Å². The molecular weight excluding hydrogens is 564 g/mol. The highest BCUT2D eigenvalue weighted by Gasteiger charge is 2.49. The number of nitrogens with one attached hydrogen (secondary N) is 1. The van der Waals surface area contributed by atoms with Gasteiger partial charge in [0, 0.05) is 24.4 Å². The van der Waals surface area contributed by atoms with Gasteiger partial charge < -0.3 is 9.84 Å². The summed E-state index contributed by atoms with van der Waals surface area (Å²) in [7, 11) is -4.17. The van der Waals surface area contributed by atoms with E-state index in [9.17, 15) is 23.1 Å². The van der Waals surface area contributed by atoms with Gasteiger partial charge in [-0.05, 0) is 80.5 Å². The van der Waals surface area contributed by atoms with Crippen LogP contribution in [0.1, 0.15) is 45.6 Å². The maximum absolute atomic E-state index is 13.9. The summed E-state index contributed by atoms with van der Waals surface area (Å²) in [6.45, 7) is 5.37. The van der Waals surface area contributed by atoms with Crippen LogP contribution >= 0.6 is 11.6 Å². The molecule has 2 N–H and O–H groups in total. The highest BCUT2D eigenvalue weighted by atomic mass is 35.5. The zero-order valence-corrected chi connectivity index (χ0v) is 24.9. The van der Waals surface area contributed by atoms with Gasteiger partial charge in [-0.3, -0.25) is 9.69 Å². The fourth-order valence-electron chi connectivity index (χ4n) is 5.23. The summed E-state index contributed by atoms with van der Waals surface area (Å²) in [6.07, 6.45) is -0.167. The first-order chi connectivity index (χ1) is 19.3. The SMILES string of the molecule is CC(C)(C)OC(=O)N1CCC(CC(=O)O)C[C@@]1(Cc1ccccc1)NS(=O)(=O)c1ccc(-c2ccc(Cl)cc2)cc1. The van der Waals surface area contributed by atoms with Crippen LogP contribution in [0.2, 0.25) is 5.02 Å². The van der Waals surface area contributed by atoms with Crippen molar-refractivity contribution in [1.29, 1.82) is 0 Å². The highest BCUT2D eigenvalue weighted by Crippen LogP contribution is 2.37. The number of nitrogens with zero attached hydrogens (tertiary/aromatic N) is 1. The molecule has 1 saturated heterocycles. The monoisotopic (exact) mass is 598 g/mol. The Morgan fingerprint density at radius 1 is 1.00 bits per heavy atom. The smallest absolute Gasteiger partial charge is 0.411 e. The molecule has 3 aromatic rings. The van der Waals surface area contributed by atoms with E-state index in [1.807, 2.05) is 42.5 Å². The number of likely N-dealkylation sites (tertiary alicyclic amines) is 1. The van der Waals surface area contributed by atoms with Gasteiger partial charge >= 0.3 is 12.1 Å². The van der Waals surface area contributed by atoms with Crippen molar-refractivity contribution in [1.82, 2.24) is 9.62 Å². The predicted molar refractivity (Wildman–Crippen MR) is 158 cm³/mol. The van der Waals surface area contributed by atoms with Gasteiger partial charge in [-0.15, -0.1) is 0 Å². The zero-order chi connectivity index (χ0) is 29.8. The molecule has 8 nitrogen and oxygen atoms in total. The lowest BCUT2D eigenvalue weighted by Crippen LogP contribution is -2.67. The molecule has 0 aliphatic carbocycles. The Hall–Kier alpha value is -3.40. The maximum Gasteiger partial charge on any atom is 0.411 e. The van der Waals surface area contributed by atoms with E-state index in [2.05, 4.69) is 4.72 Å². The van der Waals surface area contributed by atoms with Gasteiger partial charge in [-0.1, -0.05) is 66.2 Å². The summed E-state index contributed by atoms with van der Waals surface area (Å²) in [5, 5.41) is 10.1. The molecule has 2 atom stereocenters. The average molecular weight is 599 g/mol. The van der Waals surface area contributed by atoms with Crippen LogP contribution in [0.5, 0.6) is 0 Å². The maximum atomic E-state index is 13.9. The van der Waals surface area contributed by atoms with Gasteiger partial charge in [0.15, 0.2) is 0 Å². The number of piperidine rings is 1. The molecule has 1 unspecified atom stereocenters. The number of carboxylic acid groups (broad SMARTS) is 1. The van der Waals surface area contributed by atoms with E-state index in [0.29, 0.717) is 11.4 Å². The van der Waals surface area contributed by atoms with Crippen molar-refractivity contribution in [2.24, 2.45) is 5.92 Å². The van der Waals surface area contributed by atoms with Crippen molar-refractivity contribution in [3.8, 4) is 11.1 Å². The number of rotatable bonds is 8. The van der Waals surface area contributed by atoms with Crippen LogP contribution in [-0.2, 0) is 26.0 Å². The van der Waals surface area contributed by atoms with Crippen molar-refractivity contribution >= 4 is 33.7 Å². The minimum absolute atomic E-state index is 0.0205. The van der Waals surface area contributed by atoms with Crippen LogP contribution in [0.4, 0.5) is 4.79 Å². The Morgan fingerprint density at radius 2 is 1.59 bits per heavy atom. The second-order valence-corrected chi connectivity index (χ2v) is 13.5. The molecule has 3 aromatic carbocycles. The molecule has 0 bridgehead atoms. The van der Waals surface area contributed by atoms with Crippen molar-refractivity contribution < 1.29 is 27.9 Å². The lowest BCUT2D eigenvalue weighted by atomic mass is 9.81. The topological polar surface area (TPSA) is 113 Å². The van der Waals surface area contributed by atoms with E-state index >= 15 is 0 Å². The predicted octanol–water partition coefficient (Wildman–Crippen LogP) is 6.35. The Bertz CT molecular complexity index is 1470. The van der Waals surface area contributed by atoms with E-state index < -0.39 is 33.3 Å². The fraction of sp³-hybridized carbons (Fsp3) is 0.355. The van der Waals surface area contributed by atoms with Crippen molar-refractivity contribution in [3.63, 3.8) is 0 Å². The number of hydrogen-bond acceptors (Lipinski definition) is 5. The minimum Gasteiger partial charge on any atom is -0.481 e. The third-order valence-electron chi connectivity index (χ3n) is 6.99. The number of carboxylic acids is 1. The number of ether oxygens (including phenoxy) is 1. The second-order valence-electron chi connectivity index (χ2n) is 11.4. The molecule has 0 saturated carbocycles. The van der Waals surface area contributed by atoms with E-state index in [4.69, 9.17) is 16.3 Å². The van der Waals surface area contributed by atoms with Crippen molar-refractivity contribution in [2.75, 3.05) is 6.54 Å². The normalized spacial score (nSPS) is 19.5. The average Bonchev–Trinajstić information content (AvgIpc) is 2.88. The quantitative estimate of drug-likeness (QED) is 0.312. The summed E-state index contributed by atoms with van der Waals surface area (Å²) < 4.78 is 36.4. The lowest BCUT2D eigenvalue weighted by Gasteiger charge is -2.49. The Morgan fingerprint density at radius 3 is 2.15 bits per heavy atom. The number of carbonyl (C=O) groups excluding carboxylic acids is 1. The molecule has 1 aliphatic rings. The molecule has 0 aromatic heterocycles. The molecule has 41 heavy (non-hydrogen) atoms. The Kier molecular flexibility index (Phi) is 9.11. The Balaban J connectivity index is 1.75. The fourth-order valence-corrected chi connectivity index (χ4v) is 6.74. The van der Waals surface area contributed by atoms with E-state index in [1.54, 1.807) is 45.0 Å². The number of hydrogen-bond donors (Lipinski definition) is 2. The van der Waals surface area contributed by atoms with Gasteiger partial charge in [-0.25, -0.2) is 13.2 Å². The molecule has 1 amide bonds. The second kappa shape index (κ2) is 12.2. The van der Waals surface area contributed by atoms with E-state index in [1.165, 1.54) is 17.0 Å². The van der Waals surface area contributed by atoms with Gasteiger partial charge in [0.2, 0.25) is 10.0 Å². The van der Waals surface area contributed by atoms with Crippen LogP contribution in [0, 0.1) is 5.92 Å². The molecule has 218 valence electrons. The number of benzene rings is 3. The number of sulfonamides is 1. The molecule has 0 radical (unpaired) electrons. The first-order valence-corrected chi connectivity index (χ1v) is 15.3. The zero-order valence-electron chi connectivity index (χ0n) is 23.3. The van der Waals surface area contributed by atoms with Crippen LogP contribution < -0.4 is 4.72 Å². The molecule has 0 spiro atoms. The van der Waals surface area contributed by atoms with Crippen LogP contribution in [0.25, 0.3) is 11.1 Å². The standard InChI is InChI=1S/C31H35ClN2O6S/c1-30(2,3)40-29(37)34-18-17-23(19-28(35)36)21-31(34,20-22-7-5-4-6-8-22)33-41(38,39)27-15-11-25(12-16-27)24-9-13-26(32)14-10-24/h4-16,23,33H,17-21H2,1-3H3,(H,35,36)/t23?,31-/m0/s1. The summed E-state index contributed by atoms with van der Waals surface area (Å²) in [5.41, 5.74) is 0.207. The minimum atomic E-state index is -4.17. The molecule has 1 heterocycles. The summed E-state index contributed by atoms with van der Waals surface area (Å²) in [5.74, 6) is -1.33. The number of amides is 1. The first kappa shape index (κ1) is 30.6. The molecule has 4 rings (SSSR count). The van der Waals surface area contributed by atoms with E-state index in [0.717, 1.165) is 16.7 Å². The Labute approximate surface area is 246 Å². The van der Waals surface area contributed by atoms with Gasteiger partial charge in [0.1, 0.15) is 11.3 Å². The summed E-state index contributed by atoms with van der Waals surface area (Å²) >= 11 is 6.00. The largest absolute Gasteiger partial charge is 0.481 e. The lowest BCUT2D eigenvalue weighted by molar-refractivity contribution is -0.139. The third kappa shape index (κ3) is 7.87. The third-order valence-corrected chi connectivity index (χ3v) is 8.78. The van der Waals surface area contributed by atoms with Gasteiger partial charge in [-0.2, -0.15) is 4.72 Å². The molecule has 1 fully saturated rings. The first-order valence-electron chi connectivity index (χ1n) is 13.4. The molecule has 10 heteroatoms. The summed E-state index contributed by atoms with van der Waals surface area (Å²) in [4.78, 5) is 26.6. The number of carbonyl (C=O) groups is 2. The van der Waals surface area contributed by atoms with Crippen molar-refractivity contribution in [2.45, 2.75) is 62.6 Å². The van der Waals surface area contributed by atoms with Crippen molar-refractivity contribution in [3.05, 3.63) is 89.4 Å². The van der Waals surface area contributed by atoms with Gasteiger partial charge in [0.25, 0.3) is 0 Å². The van der Waals surface area contributed by atoms with E-state index in [-0.39, 0.29) is 36.6 Å². The van der Waals surface area contributed by atoms with Crippen LogP contribution in [-0.4, -0.2) is 48.3 Å². The molecular formula is C31H35ClN2O6S. The van der Waals surface area contributed by atoms with Gasteiger partial charge in [0.05, 0.1) is 4.90 Å². The van der Waals surface area contributed by atoms with Crippen LogP contribution in [0.3, 0.4) is 0 Å².